The number of nitrogens with one attached hydrogen (secondary N) is 1. The smallest absolute Gasteiger partial charge is 0.0390 e. The highest BCUT2D eigenvalue weighted by molar-refractivity contribution is 5.76. The van der Waals surface area contributed by atoms with Crippen LogP contribution in [-0.2, 0) is 12.0 Å². The molecule has 0 amide bonds. The summed E-state index contributed by atoms with van der Waals surface area (Å²) in [6.45, 7) is 7.30. The van der Waals surface area contributed by atoms with Gasteiger partial charge in [0, 0.05) is 17.9 Å². The van der Waals surface area contributed by atoms with Gasteiger partial charge in [-0.15, -0.1) is 0 Å². The van der Waals surface area contributed by atoms with E-state index in [0.717, 1.165) is 16.9 Å². The minimum atomic E-state index is 0.165. The second-order valence-electron chi connectivity index (χ2n) is 9.02. The number of benzene rings is 4. The summed E-state index contributed by atoms with van der Waals surface area (Å²) < 4.78 is 0. The Balaban J connectivity index is 1.58. The van der Waals surface area contributed by atoms with Crippen molar-refractivity contribution in [3.8, 4) is 22.3 Å². The number of hydrogen-bond acceptors (Lipinski definition) is 2. The van der Waals surface area contributed by atoms with Crippen molar-refractivity contribution in [3.05, 3.63) is 108 Å². The molecule has 0 fully saturated rings. The van der Waals surface area contributed by atoms with E-state index in [1.54, 1.807) is 0 Å². The molecule has 2 heteroatoms. The minimum absolute atomic E-state index is 0.165. The average molecular weight is 407 g/mol. The highest BCUT2D eigenvalue weighted by Gasteiger charge is 2.13. The molecule has 0 bridgehead atoms. The zero-order valence-electron chi connectivity index (χ0n) is 18.5. The van der Waals surface area contributed by atoms with Gasteiger partial charge >= 0.3 is 0 Å². The van der Waals surface area contributed by atoms with Gasteiger partial charge in [0.15, 0.2) is 0 Å². The Morgan fingerprint density at radius 1 is 0.613 bits per heavy atom. The van der Waals surface area contributed by atoms with E-state index in [0.29, 0.717) is 6.54 Å². The number of nitrogens with two attached hydrogens (primary N) is 1. The standard InChI is InChI=1S/C29H30N2/c1-29(2,3)26-14-12-22(13-15-26)23-6-4-7-24(18-23)25-8-5-9-28(19-25)31-27-16-10-21(20-30)11-17-27/h4-19,31H,20,30H2,1-3H3. The first-order valence-electron chi connectivity index (χ1n) is 10.8. The molecule has 4 aromatic rings. The largest absolute Gasteiger partial charge is 0.356 e. The Morgan fingerprint density at radius 3 is 1.81 bits per heavy atom. The number of anilines is 2. The molecule has 0 aliphatic rings. The van der Waals surface area contributed by atoms with Gasteiger partial charge in [0.1, 0.15) is 0 Å². The van der Waals surface area contributed by atoms with Gasteiger partial charge in [-0.05, 0) is 69.1 Å². The van der Waals surface area contributed by atoms with E-state index < -0.39 is 0 Å². The Labute approximate surface area is 185 Å². The van der Waals surface area contributed by atoms with E-state index >= 15 is 0 Å². The van der Waals surface area contributed by atoms with Gasteiger partial charge in [-0.1, -0.05) is 87.5 Å². The molecule has 31 heavy (non-hydrogen) atoms. The normalized spacial score (nSPS) is 11.4. The molecular formula is C29H30N2. The second-order valence-corrected chi connectivity index (χ2v) is 9.02. The lowest BCUT2D eigenvalue weighted by Gasteiger charge is -2.19. The van der Waals surface area contributed by atoms with Crippen LogP contribution in [-0.4, -0.2) is 0 Å². The predicted molar refractivity (Wildman–Crippen MR) is 134 cm³/mol. The Bertz CT molecular complexity index is 1150. The molecular weight excluding hydrogens is 376 g/mol. The summed E-state index contributed by atoms with van der Waals surface area (Å²) in [7, 11) is 0. The average Bonchev–Trinajstić information content (AvgIpc) is 2.79. The maximum Gasteiger partial charge on any atom is 0.0390 e. The Morgan fingerprint density at radius 2 is 1.19 bits per heavy atom. The zero-order chi connectivity index (χ0) is 21.8. The fraction of sp³-hybridized carbons (Fsp3) is 0.172. The third kappa shape index (κ3) is 5.04. The molecule has 4 aromatic carbocycles. The van der Waals surface area contributed by atoms with Crippen molar-refractivity contribution in [2.45, 2.75) is 32.7 Å². The third-order valence-electron chi connectivity index (χ3n) is 5.62. The van der Waals surface area contributed by atoms with E-state index in [2.05, 4.69) is 123 Å². The van der Waals surface area contributed by atoms with Gasteiger partial charge in [-0.3, -0.25) is 0 Å². The van der Waals surface area contributed by atoms with Crippen molar-refractivity contribution in [2.24, 2.45) is 5.73 Å². The van der Waals surface area contributed by atoms with Gasteiger partial charge in [0.25, 0.3) is 0 Å². The van der Waals surface area contributed by atoms with E-state index in [-0.39, 0.29) is 5.41 Å². The predicted octanol–water partition coefficient (Wildman–Crippen LogP) is 7.52. The van der Waals surface area contributed by atoms with Gasteiger partial charge < -0.3 is 11.1 Å². The van der Waals surface area contributed by atoms with Crippen LogP contribution >= 0.6 is 0 Å². The topological polar surface area (TPSA) is 38.0 Å². The highest BCUT2D eigenvalue weighted by Crippen LogP contribution is 2.30. The van der Waals surface area contributed by atoms with E-state index in [4.69, 9.17) is 5.73 Å². The Hall–Kier alpha value is -3.36. The molecule has 0 aromatic heterocycles. The van der Waals surface area contributed by atoms with Crippen LogP contribution in [0.4, 0.5) is 11.4 Å². The first-order chi connectivity index (χ1) is 14.9. The van der Waals surface area contributed by atoms with Crippen molar-refractivity contribution in [1.82, 2.24) is 0 Å². The molecule has 0 saturated carbocycles. The van der Waals surface area contributed by atoms with Crippen LogP contribution in [0.3, 0.4) is 0 Å². The van der Waals surface area contributed by atoms with Crippen LogP contribution in [0.2, 0.25) is 0 Å². The first-order valence-corrected chi connectivity index (χ1v) is 10.8. The summed E-state index contributed by atoms with van der Waals surface area (Å²) >= 11 is 0. The molecule has 0 saturated heterocycles. The van der Waals surface area contributed by atoms with E-state index in [9.17, 15) is 0 Å². The van der Waals surface area contributed by atoms with Gasteiger partial charge in [0.05, 0.1) is 0 Å². The van der Waals surface area contributed by atoms with Crippen LogP contribution < -0.4 is 11.1 Å². The Kier molecular flexibility index (Phi) is 5.92. The monoisotopic (exact) mass is 406 g/mol. The summed E-state index contributed by atoms with van der Waals surface area (Å²) in [5.41, 5.74) is 15.3. The molecule has 156 valence electrons. The van der Waals surface area contributed by atoms with Crippen molar-refractivity contribution >= 4 is 11.4 Å². The van der Waals surface area contributed by atoms with Gasteiger partial charge in [-0.2, -0.15) is 0 Å². The summed E-state index contributed by atoms with van der Waals surface area (Å²) in [6.07, 6.45) is 0. The van der Waals surface area contributed by atoms with Crippen molar-refractivity contribution in [1.29, 1.82) is 0 Å². The fourth-order valence-electron chi connectivity index (χ4n) is 3.71. The quantitative estimate of drug-likeness (QED) is 0.360. The third-order valence-corrected chi connectivity index (χ3v) is 5.62. The van der Waals surface area contributed by atoms with Crippen molar-refractivity contribution in [2.75, 3.05) is 5.32 Å². The van der Waals surface area contributed by atoms with E-state index in [1.165, 1.54) is 27.8 Å². The van der Waals surface area contributed by atoms with Crippen LogP contribution in [0.25, 0.3) is 22.3 Å². The van der Waals surface area contributed by atoms with Gasteiger partial charge in [-0.25, -0.2) is 0 Å². The molecule has 0 radical (unpaired) electrons. The van der Waals surface area contributed by atoms with Crippen LogP contribution in [0.15, 0.2) is 97.1 Å². The van der Waals surface area contributed by atoms with Crippen LogP contribution in [0, 0.1) is 0 Å². The summed E-state index contributed by atoms with van der Waals surface area (Å²) in [5, 5.41) is 3.49. The molecule has 0 unspecified atom stereocenters. The van der Waals surface area contributed by atoms with Crippen molar-refractivity contribution < 1.29 is 0 Å². The second kappa shape index (κ2) is 8.79. The molecule has 0 aliphatic carbocycles. The number of rotatable bonds is 5. The molecule has 0 heterocycles. The van der Waals surface area contributed by atoms with Crippen molar-refractivity contribution in [3.63, 3.8) is 0 Å². The maximum absolute atomic E-state index is 5.70. The molecule has 4 rings (SSSR count). The summed E-state index contributed by atoms with van der Waals surface area (Å²) in [5.74, 6) is 0. The molecule has 2 nitrogen and oxygen atoms in total. The minimum Gasteiger partial charge on any atom is -0.356 e. The first kappa shape index (κ1) is 20.9. The maximum atomic E-state index is 5.70. The fourth-order valence-corrected chi connectivity index (χ4v) is 3.71. The highest BCUT2D eigenvalue weighted by atomic mass is 14.9. The van der Waals surface area contributed by atoms with Crippen LogP contribution in [0.5, 0.6) is 0 Å². The van der Waals surface area contributed by atoms with E-state index in [1.807, 2.05) is 0 Å². The lowest BCUT2D eigenvalue weighted by molar-refractivity contribution is 0.590. The molecule has 0 spiro atoms. The summed E-state index contributed by atoms with van der Waals surface area (Å²) in [6, 6.07) is 34.5. The summed E-state index contributed by atoms with van der Waals surface area (Å²) in [4.78, 5) is 0. The molecule has 0 atom stereocenters. The SMILES string of the molecule is CC(C)(C)c1ccc(-c2cccc(-c3cccc(Nc4ccc(CN)cc4)c3)c2)cc1. The van der Waals surface area contributed by atoms with Gasteiger partial charge in [0.2, 0.25) is 0 Å². The lowest BCUT2D eigenvalue weighted by Crippen LogP contribution is -2.10. The molecule has 3 N–H and O–H groups in total. The number of hydrogen-bond donors (Lipinski definition) is 2. The zero-order valence-corrected chi connectivity index (χ0v) is 18.5. The van der Waals surface area contributed by atoms with Crippen LogP contribution in [0.1, 0.15) is 31.9 Å². The molecule has 0 aliphatic heterocycles. The lowest BCUT2D eigenvalue weighted by atomic mass is 9.86.